The lowest BCUT2D eigenvalue weighted by molar-refractivity contribution is -0.139. The molecule has 1 aliphatic carbocycles. The first-order valence-electron chi connectivity index (χ1n) is 5.43. The van der Waals surface area contributed by atoms with E-state index in [2.05, 4.69) is 4.74 Å². The van der Waals surface area contributed by atoms with Crippen LogP contribution in [-0.2, 0) is 19.4 Å². The van der Waals surface area contributed by atoms with Gasteiger partial charge in [-0.25, -0.2) is 8.42 Å². The van der Waals surface area contributed by atoms with Crippen LogP contribution in [0.2, 0.25) is 0 Å². The highest BCUT2D eigenvalue weighted by molar-refractivity contribution is 7.92. The molecule has 1 rings (SSSR count). The summed E-state index contributed by atoms with van der Waals surface area (Å²) in [7, 11) is -3.28. The Kier molecular flexibility index (Phi) is 4.57. The summed E-state index contributed by atoms with van der Waals surface area (Å²) in [5.41, 5.74) is 0. The van der Waals surface area contributed by atoms with Crippen molar-refractivity contribution < 1.29 is 17.9 Å². The normalized spacial score (nSPS) is 18.7. The monoisotopic (exact) mass is 234 g/mol. The first-order chi connectivity index (χ1) is 7.06. The van der Waals surface area contributed by atoms with Crippen LogP contribution in [0, 0.1) is 0 Å². The van der Waals surface area contributed by atoms with Gasteiger partial charge in [-0.05, 0) is 19.8 Å². The molecule has 0 spiro atoms. The molecule has 0 bridgehead atoms. The van der Waals surface area contributed by atoms with Crippen LogP contribution in [0.3, 0.4) is 0 Å². The minimum absolute atomic E-state index is 0.235. The third kappa shape index (κ3) is 3.81. The van der Waals surface area contributed by atoms with E-state index in [1.54, 1.807) is 6.92 Å². The van der Waals surface area contributed by atoms with Gasteiger partial charge in [0, 0.05) is 0 Å². The number of sulfone groups is 1. The van der Waals surface area contributed by atoms with Crippen molar-refractivity contribution >= 4 is 15.8 Å². The molecule has 0 aromatic rings. The number of esters is 1. The van der Waals surface area contributed by atoms with Crippen molar-refractivity contribution in [1.29, 1.82) is 0 Å². The van der Waals surface area contributed by atoms with Crippen molar-refractivity contribution in [2.75, 3.05) is 12.4 Å². The van der Waals surface area contributed by atoms with Gasteiger partial charge >= 0.3 is 5.97 Å². The molecule has 0 unspecified atom stereocenters. The Morgan fingerprint density at radius 3 is 2.40 bits per heavy atom. The van der Waals surface area contributed by atoms with E-state index in [-0.39, 0.29) is 11.9 Å². The molecular formula is C10H18O4S. The van der Waals surface area contributed by atoms with Crippen LogP contribution in [-0.4, -0.2) is 32.0 Å². The smallest absolute Gasteiger partial charge is 0.321 e. The van der Waals surface area contributed by atoms with Gasteiger partial charge in [0.25, 0.3) is 0 Å². The molecule has 1 fully saturated rings. The number of ether oxygens (including phenoxy) is 1. The van der Waals surface area contributed by atoms with Gasteiger partial charge in [0.2, 0.25) is 0 Å². The lowest BCUT2D eigenvalue weighted by Gasteiger charge is -2.21. The minimum atomic E-state index is -3.28. The average molecular weight is 234 g/mol. The van der Waals surface area contributed by atoms with Gasteiger partial charge in [-0.2, -0.15) is 0 Å². The number of rotatable bonds is 4. The summed E-state index contributed by atoms with van der Waals surface area (Å²) in [6.45, 7) is 1.91. The molecule has 0 aliphatic heterocycles. The Hall–Kier alpha value is -0.580. The van der Waals surface area contributed by atoms with Crippen molar-refractivity contribution in [3.05, 3.63) is 0 Å². The lowest BCUT2D eigenvalue weighted by atomic mass is 10.0. The Morgan fingerprint density at radius 2 is 1.87 bits per heavy atom. The van der Waals surface area contributed by atoms with Crippen molar-refractivity contribution in [2.45, 2.75) is 44.3 Å². The van der Waals surface area contributed by atoms with Gasteiger partial charge in [0.05, 0.1) is 11.9 Å². The molecule has 0 aromatic heterocycles. The summed E-state index contributed by atoms with van der Waals surface area (Å²) in [5.74, 6) is -1.08. The second kappa shape index (κ2) is 5.49. The maximum Gasteiger partial charge on any atom is 0.321 e. The summed E-state index contributed by atoms with van der Waals surface area (Å²) in [4.78, 5) is 11.1. The molecule has 0 N–H and O–H groups in total. The SMILES string of the molecule is CCOC(=O)CS(=O)(=O)C1CCCCC1. The van der Waals surface area contributed by atoms with Crippen LogP contribution in [0.4, 0.5) is 0 Å². The number of hydrogen-bond donors (Lipinski definition) is 0. The highest BCUT2D eigenvalue weighted by Gasteiger charge is 2.29. The van der Waals surface area contributed by atoms with Crippen LogP contribution in [0.1, 0.15) is 39.0 Å². The van der Waals surface area contributed by atoms with Crippen LogP contribution in [0.15, 0.2) is 0 Å². The van der Waals surface area contributed by atoms with E-state index >= 15 is 0 Å². The molecule has 0 radical (unpaired) electrons. The Labute approximate surface area is 90.9 Å². The van der Waals surface area contributed by atoms with Gasteiger partial charge in [0.1, 0.15) is 5.75 Å². The highest BCUT2D eigenvalue weighted by atomic mass is 32.2. The van der Waals surface area contributed by atoms with E-state index in [9.17, 15) is 13.2 Å². The second-order valence-electron chi connectivity index (χ2n) is 3.87. The molecule has 15 heavy (non-hydrogen) atoms. The largest absolute Gasteiger partial charge is 0.465 e. The summed E-state index contributed by atoms with van der Waals surface area (Å²) in [6, 6.07) is 0. The first-order valence-corrected chi connectivity index (χ1v) is 7.15. The van der Waals surface area contributed by atoms with Gasteiger partial charge in [0.15, 0.2) is 9.84 Å². The fourth-order valence-corrected chi connectivity index (χ4v) is 3.61. The molecule has 0 heterocycles. The van der Waals surface area contributed by atoms with E-state index in [1.807, 2.05) is 0 Å². The van der Waals surface area contributed by atoms with E-state index in [1.165, 1.54) is 0 Å². The molecule has 1 aliphatic rings. The van der Waals surface area contributed by atoms with Crippen LogP contribution in [0.25, 0.3) is 0 Å². The van der Waals surface area contributed by atoms with Gasteiger partial charge in [-0.3, -0.25) is 4.79 Å². The average Bonchev–Trinajstić information content (AvgIpc) is 2.18. The van der Waals surface area contributed by atoms with Gasteiger partial charge < -0.3 is 4.74 Å². The molecule has 1 saturated carbocycles. The zero-order valence-electron chi connectivity index (χ0n) is 9.07. The van der Waals surface area contributed by atoms with Crippen LogP contribution < -0.4 is 0 Å². The van der Waals surface area contributed by atoms with Crippen molar-refractivity contribution in [3.63, 3.8) is 0 Å². The topological polar surface area (TPSA) is 60.4 Å². The molecular weight excluding hydrogens is 216 g/mol. The van der Waals surface area contributed by atoms with E-state index < -0.39 is 21.6 Å². The number of carbonyl (C=O) groups is 1. The fraction of sp³-hybridized carbons (Fsp3) is 0.900. The van der Waals surface area contributed by atoms with Crippen molar-refractivity contribution in [2.24, 2.45) is 0 Å². The number of carbonyl (C=O) groups excluding carboxylic acids is 1. The van der Waals surface area contributed by atoms with Gasteiger partial charge in [-0.15, -0.1) is 0 Å². The molecule has 0 aromatic carbocycles. The van der Waals surface area contributed by atoms with Gasteiger partial charge in [-0.1, -0.05) is 19.3 Å². The van der Waals surface area contributed by atoms with Crippen LogP contribution >= 0.6 is 0 Å². The van der Waals surface area contributed by atoms with E-state index in [4.69, 9.17) is 0 Å². The Bertz CT molecular complexity index is 301. The molecule has 0 atom stereocenters. The predicted molar refractivity (Wildman–Crippen MR) is 57.3 cm³/mol. The fourth-order valence-electron chi connectivity index (χ4n) is 1.91. The summed E-state index contributed by atoms with van der Waals surface area (Å²) in [6.07, 6.45) is 4.40. The van der Waals surface area contributed by atoms with Crippen molar-refractivity contribution in [3.8, 4) is 0 Å². The maximum absolute atomic E-state index is 11.8. The summed E-state index contributed by atoms with van der Waals surface area (Å²) >= 11 is 0. The molecule has 5 heteroatoms. The summed E-state index contributed by atoms with van der Waals surface area (Å²) in [5, 5.41) is -0.323. The van der Waals surface area contributed by atoms with Crippen LogP contribution in [0.5, 0.6) is 0 Å². The molecule has 4 nitrogen and oxygen atoms in total. The Morgan fingerprint density at radius 1 is 1.27 bits per heavy atom. The second-order valence-corrected chi connectivity index (χ2v) is 6.15. The van der Waals surface area contributed by atoms with E-state index in [0.717, 1.165) is 19.3 Å². The third-order valence-electron chi connectivity index (χ3n) is 2.68. The molecule has 0 amide bonds. The zero-order valence-corrected chi connectivity index (χ0v) is 9.88. The number of hydrogen-bond acceptors (Lipinski definition) is 4. The minimum Gasteiger partial charge on any atom is -0.465 e. The predicted octanol–water partition coefficient (Wildman–Crippen LogP) is 1.30. The highest BCUT2D eigenvalue weighted by Crippen LogP contribution is 2.24. The maximum atomic E-state index is 11.8. The third-order valence-corrected chi connectivity index (χ3v) is 4.81. The first kappa shape index (κ1) is 12.5. The summed E-state index contributed by atoms with van der Waals surface area (Å²) < 4.78 is 28.2. The standard InChI is InChI=1S/C10H18O4S/c1-2-14-10(11)8-15(12,13)9-6-4-3-5-7-9/h9H,2-8H2,1H3. The Balaban J connectivity index is 2.53. The van der Waals surface area contributed by atoms with Crippen molar-refractivity contribution in [1.82, 2.24) is 0 Å². The van der Waals surface area contributed by atoms with E-state index in [0.29, 0.717) is 12.8 Å². The zero-order chi connectivity index (χ0) is 11.3. The lowest BCUT2D eigenvalue weighted by Crippen LogP contribution is -2.30. The molecule has 88 valence electrons. The quantitative estimate of drug-likeness (QED) is 0.688. The molecule has 0 saturated heterocycles.